The highest BCUT2D eigenvalue weighted by Gasteiger charge is 2.16. The Morgan fingerprint density at radius 2 is 1.70 bits per heavy atom. The van der Waals surface area contributed by atoms with E-state index >= 15 is 0 Å². The number of amides is 2. The fraction of sp³-hybridized carbons (Fsp3) is 0.182. The number of carbonyl (C=O) groups excluding carboxylic acids is 3. The van der Waals surface area contributed by atoms with Crippen molar-refractivity contribution in [3.63, 3.8) is 0 Å². The number of carbonyl (C=O) groups is 3. The zero-order valence-corrected chi connectivity index (χ0v) is 17.6. The van der Waals surface area contributed by atoms with Gasteiger partial charge in [0.1, 0.15) is 0 Å². The van der Waals surface area contributed by atoms with Gasteiger partial charge in [0.05, 0.1) is 17.9 Å². The zero-order valence-electron chi connectivity index (χ0n) is 16.8. The van der Waals surface area contributed by atoms with Crippen LogP contribution in [0.4, 0.5) is 5.69 Å². The second kappa shape index (κ2) is 11.5. The lowest BCUT2D eigenvalue weighted by atomic mass is 10.1. The Bertz CT molecular complexity index is 944. The van der Waals surface area contributed by atoms with Gasteiger partial charge >= 0.3 is 5.97 Å². The summed E-state index contributed by atoms with van der Waals surface area (Å²) < 4.78 is 4.70. The number of benzene rings is 2. The molecule has 0 heterocycles. The van der Waals surface area contributed by atoms with E-state index in [1.807, 2.05) is 30.3 Å². The molecule has 0 aliphatic rings. The lowest BCUT2D eigenvalue weighted by Gasteiger charge is -2.20. The molecule has 7 nitrogen and oxygen atoms in total. The van der Waals surface area contributed by atoms with E-state index in [9.17, 15) is 14.4 Å². The van der Waals surface area contributed by atoms with Gasteiger partial charge in [-0.3, -0.25) is 14.9 Å². The summed E-state index contributed by atoms with van der Waals surface area (Å²) in [6, 6.07) is 16.5. The van der Waals surface area contributed by atoms with Crippen LogP contribution in [-0.2, 0) is 20.9 Å². The molecule has 2 amide bonds. The molecule has 0 aromatic heterocycles. The molecule has 2 N–H and O–H groups in total. The van der Waals surface area contributed by atoms with Crippen LogP contribution in [0.25, 0.3) is 0 Å². The quantitative estimate of drug-likeness (QED) is 0.403. The Hall–Kier alpha value is -3.52. The molecule has 2 aromatic carbocycles. The fourth-order valence-electron chi connectivity index (χ4n) is 2.55. The minimum absolute atomic E-state index is 0.000490. The number of thiocarbonyl (C=S) groups is 1. The Kier molecular flexibility index (Phi) is 8.71. The number of hydrogen-bond acceptors (Lipinski definition) is 5. The molecule has 30 heavy (non-hydrogen) atoms. The lowest BCUT2D eigenvalue weighted by molar-refractivity contribution is -0.137. The highest BCUT2D eigenvalue weighted by atomic mass is 32.1. The van der Waals surface area contributed by atoms with Gasteiger partial charge in [-0.1, -0.05) is 42.5 Å². The number of rotatable bonds is 7. The van der Waals surface area contributed by atoms with Gasteiger partial charge in [-0.15, -0.1) is 0 Å². The van der Waals surface area contributed by atoms with Gasteiger partial charge in [0.15, 0.2) is 5.11 Å². The third-order valence-corrected chi connectivity index (χ3v) is 4.11. The van der Waals surface area contributed by atoms with Crippen molar-refractivity contribution >= 4 is 40.8 Å². The predicted octanol–water partition coefficient (Wildman–Crippen LogP) is 2.89. The molecule has 2 rings (SSSR count). The molecule has 2 aromatic rings. The van der Waals surface area contributed by atoms with Crippen LogP contribution in [0.3, 0.4) is 0 Å². The maximum absolute atomic E-state index is 12.9. The molecule has 0 aliphatic heterocycles. The second-order valence-corrected chi connectivity index (χ2v) is 6.63. The Balaban J connectivity index is 2.02. The summed E-state index contributed by atoms with van der Waals surface area (Å²) in [7, 11) is 1.71. The summed E-state index contributed by atoms with van der Waals surface area (Å²) in [4.78, 5) is 37.6. The third-order valence-electron chi connectivity index (χ3n) is 3.91. The van der Waals surface area contributed by atoms with E-state index in [-0.39, 0.29) is 17.6 Å². The summed E-state index contributed by atoms with van der Waals surface area (Å²) in [5.74, 6) is -1.41. The van der Waals surface area contributed by atoms with Crippen molar-refractivity contribution in [2.45, 2.75) is 13.5 Å². The first-order valence-electron chi connectivity index (χ1n) is 9.26. The van der Waals surface area contributed by atoms with Crippen molar-refractivity contribution in [2.75, 3.05) is 19.0 Å². The van der Waals surface area contributed by atoms with Crippen LogP contribution in [0.15, 0.2) is 66.7 Å². The number of hydrogen-bond donors (Lipinski definition) is 2. The molecule has 8 heteroatoms. The normalized spacial score (nSPS) is 10.3. The van der Waals surface area contributed by atoms with Gasteiger partial charge in [-0.25, -0.2) is 4.79 Å². The summed E-state index contributed by atoms with van der Waals surface area (Å²) in [6.45, 7) is 2.34. The van der Waals surface area contributed by atoms with Gasteiger partial charge in [-0.2, -0.15) is 0 Å². The molecule has 0 saturated heterocycles. The maximum atomic E-state index is 12.9. The van der Waals surface area contributed by atoms with E-state index in [1.165, 1.54) is 0 Å². The minimum Gasteiger partial charge on any atom is -0.463 e. The molecule has 0 spiro atoms. The van der Waals surface area contributed by atoms with Gasteiger partial charge in [0.2, 0.25) is 5.91 Å². The largest absolute Gasteiger partial charge is 0.463 e. The summed E-state index contributed by atoms with van der Waals surface area (Å²) in [5, 5.41) is 5.28. The van der Waals surface area contributed by atoms with Gasteiger partial charge in [-0.05, 0) is 36.8 Å². The van der Waals surface area contributed by atoms with Crippen LogP contribution in [0.2, 0.25) is 0 Å². The van der Waals surface area contributed by atoms with Crippen molar-refractivity contribution in [1.82, 2.24) is 10.2 Å². The van der Waals surface area contributed by atoms with Gasteiger partial charge in [0.25, 0.3) is 5.91 Å². The number of para-hydroxylation sites is 1. The number of nitrogens with zero attached hydrogens (tertiary/aromatic N) is 1. The first-order valence-corrected chi connectivity index (χ1v) is 9.66. The van der Waals surface area contributed by atoms with Crippen LogP contribution in [0.5, 0.6) is 0 Å². The van der Waals surface area contributed by atoms with Gasteiger partial charge in [0, 0.05) is 25.7 Å². The number of nitrogens with one attached hydrogen (secondary N) is 2. The highest BCUT2D eigenvalue weighted by Crippen LogP contribution is 2.18. The fourth-order valence-corrected chi connectivity index (χ4v) is 2.77. The van der Waals surface area contributed by atoms with Crippen molar-refractivity contribution in [3.05, 3.63) is 77.9 Å². The van der Waals surface area contributed by atoms with E-state index in [0.717, 1.165) is 17.7 Å². The SMILES string of the molecule is CCOC(=O)/C=C/C(=O)NC(=S)Nc1ccccc1C(=O)N(C)Cc1ccccc1. The minimum atomic E-state index is -0.621. The second-order valence-electron chi connectivity index (χ2n) is 6.22. The molecule has 0 aliphatic carbocycles. The summed E-state index contributed by atoms with van der Waals surface area (Å²) in [5.41, 5.74) is 1.88. The average Bonchev–Trinajstić information content (AvgIpc) is 2.73. The van der Waals surface area contributed by atoms with E-state index < -0.39 is 11.9 Å². The highest BCUT2D eigenvalue weighted by molar-refractivity contribution is 7.80. The standard InChI is InChI=1S/C22H23N3O4S/c1-3-29-20(27)14-13-19(26)24-22(30)23-18-12-8-7-11-17(18)21(28)25(2)15-16-9-5-4-6-10-16/h4-14H,3,15H2,1-2H3,(H2,23,24,26,30)/b14-13+. The molecule has 0 atom stereocenters. The molecular weight excluding hydrogens is 402 g/mol. The molecule has 0 saturated carbocycles. The van der Waals surface area contributed by atoms with Crippen LogP contribution < -0.4 is 10.6 Å². The number of ether oxygens (including phenoxy) is 1. The van der Waals surface area contributed by atoms with Gasteiger partial charge < -0.3 is 15.0 Å². The lowest BCUT2D eigenvalue weighted by Crippen LogP contribution is -2.34. The number of anilines is 1. The Morgan fingerprint density at radius 1 is 1.03 bits per heavy atom. The van der Waals surface area contributed by atoms with Crippen molar-refractivity contribution < 1.29 is 19.1 Å². The number of esters is 1. The first kappa shape index (κ1) is 22.8. The summed E-state index contributed by atoms with van der Waals surface area (Å²) >= 11 is 5.14. The van der Waals surface area contributed by atoms with Crippen LogP contribution in [0.1, 0.15) is 22.8 Å². The molecule has 0 unspecified atom stereocenters. The van der Waals surface area contributed by atoms with Crippen molar-refractivity contribution in [2.24, 2.45) is 0 Å². The van der Waals surface area contributed by atoms with Crippen molar-refractivity contribution in [3.8, 4) is 0 Å². The predicted molar refractivity (Wildman–Crippen MR) is 119 cm³/mol. The molecule has 0 bridgehead atoms. The molecule has 156 valence electrons. The maximum Gasteiger partial charge on any atom is 0.330 e. The topological polar surface area (TPSA) is 87.7 Å². The third kappa shape index (κ3) is 7.14. The Labute approximate surface area is 180 Å². The monoisotopic (exact) mass is 425 g/mol. The van der Waals surface area contributed by atoms with Crippen LogP contribution in [-0.4, -0.2) is 41.5 Å². The zero-order chi connectivity index (χ0) is 21.9. The molecule has 0 fully saturated rings. The summed E-state index contributed by atoms with van der Waals surface area (Å²) in [6.07, 6.45) is 2.04. The average molecular weight is 426 g/mol. The Morgan fingerprint density at radius 3 is 2.40 bits per heavy atom. The van der Waals surface area contributed by atoms with E-state index in [2.05, 4.69) is 10.6 Å². The van der Waals surface area contributed by atoms with Crippen LogP contribution >= 0.6 is 12.2 Å². The van der Waals surface area contributed by atoms with E-state index in [0.29, 0.717) is 17.8 Å². The smallest absolute Gasteiger partial charge is 0.330 e. The van der Waals surface area contributed by atoms with E-state index in [1.54, 1.807) is 43.1 Å². The van der Waals surface area contributed by atoms with Crippen molar-refractivity contribution in [1.29, 1.82) is 0 Å². The van der Waals surface area contributed by atoms with Crippen LogP contribution in [0, 0.1) is 0 Å². The molecular formula is C22H23N3O4S. The first-order chi connectivity index (χ1) is 14.4. The van der Waals surface area contributed by atoms with E-state index in [4.69, 9.17) is 17.0 Å². The molecule has 0 radical (unpaired) electrons.